The molecule has 0 spiro atoms. The minimum Gasteiger partial charge on any atom is -0.494 e. The van der Waals surface area contributed by atoms with Gasteiger partial charge >= 0.3 is 11.9 Å². The van der Waals surface area contributed by atoms with Gasteiger partial charge in [0, 0.05) is 13.0 Å². The molecule has 36 heavy (non-hydrogen) atoms. The van der Waals surface area contributed by atoms with E-state index in [4.69, 9.17) is 24.1 Å². The summed E-state index contributed by atoms with van der Waals surface area (Å²) in [6.07, 6.45) is 5.08. The molecule has 3 aromatic carbocycles. The number of hydrogen-bond donors (Lipinski definition) is 1. The molecule has 0 heterocycles. The molecule has 7 nitrogen and oxygen atoms in total. The van der Waals surface area contributed by atoms with Gasteiger partial charge < -0.3 is 24.1 Å². The minimum absolute atomic E-state index is 0.0598. The van der Waals surface area contributed by atoms with Crippen molar-refractivity contribution in [3.63, 3.8) is 0 Å². The highest BCUT2D eigenvalue weighted by Gasteiger charge is 2.11. The molecule has 190 valence electrons. The number of rotatable bonds is 14. The highest BCUT2D eigenvalue weighted by Crippen LogP contribution is 2.21. The van der Waals surface area contributed by atoms with Crippen LogP contribution in [-0.4, -0.2) is 36.9 Å². The van der Waals surface area contributed by atoms with Gasteiger partial charge in [-0.2, -0.15) is 0 Å². The van der Waals surface area contributed by atoms with Crippen LogP contribution in [0.5, 0.6) is 23.0 Å². The number of aliphatic hydroxyl groups excluding tert-OH is 1. The van der Waals surface area contributed by atoms with Gasteiger partial charge in [-0.25, -0.2) is 9.59 Å². The first kappa shape index (κ1) is 26.8. The van der Waals surface area contributed by atoms with Crippen LogP contribution >= 0.6 is 0 Å². The van der Waals surface area contributed by atoms with E-state index in [1.165, 1.54) is 12.8 Å². The largest absolute Gasteiger partial charge is 0.494 e. The zero-order chi connectivity index (χ0) is 25.6. The molecular formula is C29H32O7. The summed E-state index contributed by atoms with van der Waals surface area (Å²) < 4.78 is 21.9. The molecule has 0 aliphatic heterocycles. The molecule has 0 fully saturated rings. The maximum absolute atomic E-state index is 12.4. The van der Waals surface area contributed by atoms with Crippen LogP contribution in [-0.2, 0) is 0 Å². The van der Waals surface area contributed by atoms with Crippen LogP contribution in [0.1, 0.15) is 59.7 Å². The fourth-order valence-electron chi connectivity index (χ4n) is 3.26. The molecule has 0 atom stereocenters. The zero-order valence-corrected chi connectivity index (χ0v) is 20.5. The molecule has 0 saturated carbocycles. The Morgan fingerprint density at radius 1 is 0.583 bits per heavy atom. The Balaban J connectivity index is 1.46. The van der Waals surface area contributed by atoms with Gasteiger partial charge in [0.05, 0.1) is 24.3 Å². The van der Waals surface area contributed by atoms with E-state index in [9.17, 15) is 9.59 Å². The van der Waals surface area contributed by atoms with Gasteiger partial charge in [0.1, 0.15) is 23.0 Å². The molecule has 0 aliphatic carbocycles. The number of hydrogen-bond acceptors (Lipinski definition) is 7. The van der Waals surface area contributed by atoms with Gasteiger partial charge in [-0.1, -0.05) is 26.2 Å². The summed E-state index contributed by atoms with van der Waals surface area (Å²) >= 11 is 0. The molecule has 3 aromatic rings. The van der Waals surface area contributed by atoms with E-state index < -0.39 is 11.9 Å². The normalized spacial score (nSPS) is 10.5. The molecule has 0 aliphatic rings. The number of unbranched alkanes of at least 4 members (excludes halogenated alkanes) is 3. The second-order valence-corrected chi connectivity index (χ2v) is 8.13. The van der Waals surface area contributed by atoms with Gasteiger partial charge in [0.15, 0.2) is 0 Å². The van der Waals surface area contributed by atoms with Crippen LogP contribution in [0.25, 0.3) is 0 Å². The van der Waals surface area contributed by atoms with E-state index in [2.05, 4.69) is 6.92 Å². The lowest BCUT2D eigenvalue weighted by atomic mass is 10.2. The van der Waals surface area contributed by atoms with Crippen LogP contribution in [0.4, 0.5) is 0 Å². The third kappa shape index (κ3) is 8.74. The lowest BCUT2D eigenvalue weighted by molar-refractivity contribution is 0.0719. The first-order chi connectivity index (χ1) is 17.6. The van der Waals surface area contributed by atoms with Crippen molar-refractivity contribution in [2.75, 3.05) is 19.8 Å². The van der Waals surface area contributed by atoms with Crippen molar-refractivity contribution in [1.82, 2.24) is 0 Å². The summed E-state index contributed by atoms with van der Waals surface area (Å²) in [6, 6.07) is 19.6. The SMILES string of the molecule is CCCCCCOc1ccc(C(=O)Oc2ccc(OC(=O)c3ccc(OCCCO)cc3)cc2)cc1. The summed E-state index contributed by atoms with van der Waals surface area (Å²) in [5.74, 6) is 0.975. The van der Waals surface area contributed by atoms with Crippen molar-refractivity contribution in [2.24, 2.45) is 0 Å². The lowest BCUT2D eigenvalue weighted by Gasteiger charge is -2.09. The Kier molecular flexibility index (Phi) is 10.8. The van der Waals surface area contributed by atoms with E-state index in [1.54, 1.807) is 72.8 Å². The van der Waals surface area contributed by atoms with E-state index in [0.29, 0.717) is 48.0 Å². The van der Waals surface area contributed by atoms with E-state index >= 15 is 0 Å². The maximum Gasteiger partial charge on any atom is 0.343 e. The predicted octanol–water partition coefficient (Wildman–Crippen LogP) is 5.85. The molecule has 1 N–H and O–H groups in total. The predicted molar refractivity (Wildman–Crippen MR) is 136 cm³/mol. The Bertz CT molecular complexity index is 1070. The number of aliphatic hydroxyl groups is 1. The molecule has 0 radical (unpaired) electrons. The highest BCUT2D eigenvalue weighted by molar-refractivity contribution is 5.92. The van der Waals surface area contributed by atoms with Crippen molar-refractivity contribution in [3.8, 4) is 23.0 Å². The summed E-state index contributed by atoms with van der Waals surface area (Å²) in [7, 11) is 0. The van der Waals surface area contributed by atoms with Gasteiger partial charge in [-0.05, 0) is 79.2 Å². The zero-order valence-electron chi connectivity index (χ0n) is 20.5. The summed E-state index contributed by atoms with van der Waals surface area (Å²) in [5.41, 5.74) is 0.779. The second-order valence-electron chi connectivity index (χ2n) is 8.13. The number of benzene rings is 3. The first-order valence-corrected chi connectivity index (χ1v) is 12.2. The lowest BCUT2D eigenvalue weighted by Crippen LogP contribution is -2.10. The third-order valence-corrected chi connectivity index (χ3v) is 5.26. The maximum atomic E-state index is 12.4. The molecule has 0 unspecified atom stereocenters. The third-order valence-electron chi connectivity index (χ3n) is 5.26. The van der Waals surface area contributed by atoms with Crippen molar-refractivity contribution in [1.29, 1.82) is 0 Å². The first-order valence-electron chi connectivity index (χ1n) is 12.2. The molecule has 0 amide bonds. The van der Waals surface area contributed by atoms with Crippen molar-refractivity contribution >= 4 is 11.9 Å². The van der Waals surface area contributed by atoms with Crippen LogP contribution < -0.4 is 18.9 Å². The Morgan fingerprint density at radius 3 is 1.42 bits per heavy atom. The summed E-state index contributed by atoms with van der Waals surface area (Å²) in [5, 5.41) is 8.80. The molecule has 0 bridgehead atoms. The average molecular weight is 493 g/mol. The molecule has 7 heteroatoms. The van der Waals surface area contributed by atoms with Gasteiger partial charge in [-0.15, -0.1) is 0 Å². The number of esters is 2. The smallest absolute Gasteiger partial charge is 0.343 e. The van der Waals surface area contributed by atoms with Gasteiger partial charge in [0.25, 0.3) is 0 Å². The highest BCUT2D eigenvalue weighted by atomic mass is 16.5. The van der Waals surface area contributed by atoms with Crippen LogP contribution in [0, 0.1) is 0 Å². The average Bonchev–Trinajstić information content (AvgIpc) is 2.90. The Labute approximate surface area is 211 Å². The van der Waals surface area contributed by atoms with Crippen LogP contribution in [0.15, 0.2) is 72.8 Å². The minimum atomic E-state index is -0.519. The topological polar surface area (TPSA) is 91.3 Å². The standard InChI is InChI=1S/C29H32O7/c1-2-3-4-5-20-33-24-11-7-22(8-12-24)28(31)35-26-15-17-27(18-16-26)36-29(32)23-9-13-25(14-10-23)34-21-6-19-30/h7-18,30H,2-6,19-21H2,1H3. The van der Waals surface area contributed by atoms with E-state index in [0.717, 1.165) is 18.6 Å². The van der Waals surface area contributed by atoms with E-state index in [-0.39, 0.29) is 6.61 Å². The van der Waals surface area contributed by atoms with Gasteiger partial charge in [-0.3, -0.25) is 0 Å². The Hall–Kier alpha value is -3.84. The van der Waals surface area contributed by atoms with Gasteiger partial charge in [0.2, 0.25) is 0 Å². The van der Waals surface area contributed by atoms with E-state index in [1.807, 2.05) is 0 Å². The van der Waals surface area contributed by atoms with Crippen molar-refractivity contribution in [2.45, 2.75) is 39.0 Å². The van der Waals surface area contributed by atoms with Crippen molar-refractivity contribution in [3.05, 3.63) is 83.9 Å². The number of carbonyl (C=O) groups excluding carboxylic acids is 2. The molecule has 0 saturated heterocycles. The summed E-state index contributed by atoms with van der Waals surface area (Å²) in [4.78, 5) is 24.8. The Morgan fingerprint density at radius 2 is 1.00 bits per heavy atom. The van der Waals surface area contributed by atoms with Crippen molar-refractivity contribution < 1.29 is 33.6 Å². The number of carbonyl (C=O) groups is 2. The summed E-state index contributed by atoms with van der Waals surface area (Å²) in [6.45, 7) is 3.29. The van der Waals surface area contributed by atoms with Crippen LogP contribution in [0.3, 0.4) is 0 Å². The molecule has 0 aromatic heterocycles. The number of ether oxygens (including phenoxy) is 4. The van der Waals surface area contributed by atoms with Crippen LogP contribution in [0.2, 0.25) is 0 Å². The molecular weight excluding hydrogens is 460 g/mol. The fourth-order valence-corrected chi connectivity index (χ4v) is 3.26. The second kappa shape index (κ2) is 14.5. The fraction of sp³-hybridized carbons (Fsp3) is 0.310. The quantitative estimate of drug-likeness (QED) is 0.172. The molecule has 3 rings (SSSR count). The monoisotopic (exact) mass is 492 g/mol.